The van der Waals surface area contributed by atoms with Crippen molar-refractivity contribution in [2.75, 3.05) is 10.2 Å². The van der Waals surface area contributed by atoms with Crippen LogP contribution in [0.25, 0.3) is 6.08 Å². The van der Waals surface area contributed by atoms with Crippen LogP contribution >= 0.6 is 24.0 Å². The van der Waals surface area contributed by atoms with Crippen molar-refractivity contribution >= 4 is 57.6 Å². The number of rotatable bonds is 3. The lowest BCUT2D eigenvalue weighted by molar-refractivity contribution is -0.114. The summed E-state index contributed by atoms with van der Waals surface area (Å²) in [6.45, 7) is 1.43. The minimum atomic E-state index is -0.217. The molecule has 25 heavy (non-hydrogen) atoms. The molecule has 0 radical (unpaired) electrons. The van der Waals surface area contributed by atoms with Crippen molar-refractivity contribution in [2.24, 2.45) is 0 Å². The number of benzene rings is 2. The molecule has 1 aliphatic heterocycles. The number of thiocarbonyl (C=S) groups is 1. The molecule has 2 aromatic rings. The minimum absolute atomic E-state index is 0.137. The summed E-state index contributed by atoms with van der Waals surface area (Å²) in [4.78, 5) is 25.7. The summed E-state index contributed by atoms with van der Waals surface area (Å²) in [6.07, 6.45) is 1.70. The summed E-state index contributed by atoms with van der Waals surface area (Å²) < 4.78 is 0.434. The fourth-order valence-corrected chi connectivity index (χ4v) is 3.65. The van der Waals surface area contributed by atoms with Gasteiger partial charge >= 0.3 is 0 Å². The Morgan fingerprint density at radius 2 is 1.96 bits per heavy atom. The van der Waals surface area contributed by atoms with Crippen LogP contribution in [0.3, 0.4) is 0 Å². The molecule has 3 rings (SSSR count). The number of hydrogen-bond donors (Lipinski definition) is 2. The first-order chi connectivity index (χ1) is 11.9. The van der Waals surface area contributed by atoms with E-state index < -0.39 is 0 Å². The Balaban J connectivity index is 1.85. The van der Waals surface area contributed by atoms with Crippen molar-refractivity contribution in [1.82, 2.24) is 0 Å². The molecule has 126 valence electrons. The van der Waals surface area contributed by atoms with E-state index >= 15 is 0 Å². The molecule has 2 amide bonds. The van der Waals surface area contributed by atoms with Gasteiger partial charge in [0.25, 0.3) is 5.91 Å². The second-order valence-electron chi connectivity index (χ2n) is 5.34. The first-order valence-corrected chi connectivity index (χ1v) is 8.61. The van der Waals surface area contributed by atoms with Crippen molar-refractivity contribution in [3.8, 4) is 5.75 Å². The number of aromatic hydroxyl groups is 1. The van der Waals surface area contributed by atoms with Crippen LogP contribution in [0.2, 0.25) is 0 Å². The number of carbonyl (C=O) groups is 2. The van der Waals surface area contributed by atoms with E-state index in [0.29, 0.717) is 20.6 Å². The highest BCUT2D eigenvalue weighted by atomic mass is 32.2. The van der Waals surface area contributed by atoms with Crippen LogP contribution in [-0.2, 0) is 9.59 Å². The van der Waals surface area contributed by atoms with Crippen LogP contribution in [0, 0.1) is 0 Å². The van der Waals surface area contributed by atoms with Gasteiger partial charge in [0.2, 0.25) is 5.91 Å². The van der Waals surface area contributed by atoms with E-state index in [1.807, 2.05) is 0 Å². The third-order valence-corrected chi connectivity index (χ3v) is 4.71. The van der Waals surface area contributed by atoms with E-state index in [2.05, 4.69) is 5.32 Å². The maximum Gasteiger partial charge on any atom is 0.270 e. The quantitative estimate of drug-likeness (QED) is 0.636. The largest absolute Gasteiger partial charge is 0.508 e. The van der Waals surface area contributed by atoms with Crippen LogP contribution in [0.4, 0.5) is 11.4 Å². The topological polar surface area (TPSA) is 69.6 Å². The van der Waals surface area contributed by atoms with Gasteiger partial charge in [-0.25, -0.2) is 0 Å². The third kappa shape index (κ3) is 3.89. The zero-order valence-corrected chi connectivity index (χ0v) is 14.9. The van der Waals surface area contributed by atoms with Gasteiger partial charge in [-0.2, -0.15) is 0 Å². The monoisotopic (exact) mass is 370 g/mol. The molecule has 0 bridgehead atoms. The number of phenols is 1. The molecule has 0 atom stereocenters. The summed E-state index contributed by atoms with van der Waals surface area (Å²) in [7, 11) is 0. The summed E-state index contributed by atoms with van der Waals surface area (Å²) in [5.41, 5.74) is 2.01. The highest BCUT2D eigenvalue weighted by Crippen LogP contribution is 2.36. The lowest BCUT2D eigenvalue weighted by Crippen LogP contribution is -2.27. The summed E-state index contributed by atoms with van der Waals surface area (Å²) in [6, 6.07) is 13.5. The van der Waals surface area contributed by atoms with Gasteiger partial charge in [0.15, 0.2) is 4.32 Å². The zero-order chi connectivity index (χ0) is 18.0. The predicted molar refractivity (Wildman–Crippen MR) is 105 cm³/mol. The Labute approximate surface area is 154 Å². The first-order valence-electron chi connectivity index (χ1n) is 7.39. The fourth-order valence-electron chi connectivity index (χ4n) is 2.35. The molecule has 1 aliphatic rings. The van der Waals surface area contributed by atoms with E-state index in [0.717, 1.165) is 5.56 Å². The lowest BCUT2D eigenvalue weighted by atomic mass is 10.2. The average molecular weight is 370 g/mol. The number of hydrogen-bond acceptors (Lipinski definition) is 5. The van der Waals surface area contributed by atoms with Gasteiger partial charge in [0.05, 0.1) is 10.6 Å². The molecule has 5 nitrogen and oxygen atoms in total. The molecule has 1 fully saturated rings. The Morgan fingerprint density at radius 3 is 2.60 bits per heavy atom. The molecule has 2 N–H and O–H groups in total. The number of amides is 2. The van der Waals surface area contributed by atoms with E-state index in [9.17, 15) is 14.7 Å². The molecule has 1 heterocycles. The van der Waals surface area contributed by atoms with Crippen molar-refractivity contribution in [3.63, 3.8) is 0 Å². The van der Waals surface area contributed by atoms with Crippen LogP contribution in [0.15, 0.2) is 53.4 Å². The summed E-state index contributed by atoms with van der Waals surface area (Å²) in [5.74, 6) is -0.240. The van der Waals surface area contributed by atoms with Crippen LogP contribution in [0.1, 0.15) is 12.5 Å². The molecule has 0 saturated carbocycles. The molecule has 0 aliphatic carbocycles. The number of anilines is 2. The zero-order valence-electron chi connectivity index (χ0n) is 13.2. The first kappa shape index (κ1) is 17.2. The highest BCUT2D eigenvalue weighted by molar-refractivity contribution is 8.27. The van der Waals surface area contributed by atoms with E-state index in [4.69, 9.17) is 12.2 Å². The van der Waals surface area contributed by atoms with Crippen molar-refractivity contribution < 1.29 is 14.7 Å². The maximum absolute atomic E-state index is 12.7. The molecule has 2 aromatic carbocycles. The Morgan fingerprint density at radius 1 is 1.24 bits per heavy atom. The minimum Gasteiger partial charge on any atom is -0.508 e. The fraction of sp³-hybridized carbons (Fsp3) is 0.0556. The Kier molecular flexibility index (Phi) is 4.87. The Hall–Kier alpha value is -2.64. The predicted octanol–water partition coefficient (Wildman–Crippen LogP) is 3.76. The Bertz CT molecular complexity index is 891. The normalized spacial score (nSPS) is 15.7. The highest BCUT2D eigenvalue weighted by Gasteiger charge is 2.33. The standard InChI is InChI=1S/C18H14N2O3S2/c1-11(21)19-13-5-7-14(8-6-13)20-17(23)16(25-18(20)24)10-12-3-2-4-15(22)9-12/h2-10,22H,1H3,(H,19,21)/b16-10-. The summed E-state index contributed by atoms with van der Waals surface area (Å²) in [5, 5.41) is 12.2. The van der Waals surface area contributed by atoms with Crippen molar-refractivity contribution in [1.29, 1.82) is 0 Å². The van der Waals surface area contributed by atoms with E-state index in [1.165, 1.54) is 23.6 Å². The van der Waals surface area contributed by atoms with Gasteiger partial charge in [-0.15, -0.1) is 0 Å². The number of thioether (sulfide) groups is 1. The lowest BCUT2D eigenvalue weighted by Gasteiger charge is -2.15. The van der Waals surface area contributed by atoms with Gasteiger partial charge in [-0.05, 0) is 48.0 Å². The SMILES string of the molecule is CC(=O)Nc1ccc(N2C(=O)/C(=C/c3cccc(O)c3)SC2=S)cc1. The van der Waals surface area contributed by atoms with Crippen LogP contribution in [-0.4, -0.2) is 21.2 Å². The smallest absolute Gasteiger partial charge is 0.270 e. The van der Waals surface area contributed by atoms with Crippen LogP contribution in [0.5, 0.6) is 5.75 Å². The second-order valence-corrected chi connectivity index (χ2v) is 7.02. The molecule has 7 heteroatoms. The number of phenolic OH excluding ortho intramolecular Hbond substituents is 1. The molecular formula is C18H14N2O3S2. The number of carbonyl (C=O) groups excluding carboxylic acids is 2. The van der Waals surface area contributed by atoms with Gasteiger partial charge in [-0.3, -0.25) is 14.5 Å². The van der Waals surface area contributed by atoms with Crippen LogP contribution < -0.4 is 10.2 Å². The summed E-state index contributed by atoms with van der Waals surface area (Å²) >= 11 is 6.54. The average Bonchev–Trinajstić information content (AvgIpc) is 2.82. The van der Waals surface area contributed by atoms with Gasteiger partial charge in [0, 0.05) is 12.6 Å². The molecule has 0 spiro atoms. The van der Waals surface area contributed by atoms with Gasteiger partial charge < -0.3 is 10.4 Å². The third-order valence-electron chi connectivity index (χ3n) is 3.41. The molecule has 0 unspecified atom stereocenters. The number of nitrogens with zero attached hydrogens (tertiary/aromatic N) is 1. The van der Waals surface area contributed by atoms with Crippen molar-refractivity contribution in [3.05, 3.63) is 59.0 Å². The second kappa shape index (κ2) is 7.08. The molecular weight excluding hydrogens is 356 g/mol. The van der Waals surface area contributed by atoms with Gasteiger partial charge in [0.1, 0.15) is 5.75 Å². The van der Waals surface area contributed by atoms with E-state index in [1.54, 1.807) is 54.6 Å². The van der Waals surface area contributed by atoms with Gasteiger partial charge in [-0.1, -0.05) is 36.1 Å². The molecule has 0 aromatic heterocycles. The molecule has 1 saturated heterocycles. The maximum atomic E-state index is 12.7. The van der Waals surface area contributed by atoms with E-state index in [-0.39, 0.29) is 17.6 Å². The van der Waals surface area contributed by atoms with Crippen molar-refractivity contribution in [2.45, 2.75) is 6.92 Å². The number of nitrogens with one attached hydrogen (secondary N) is 1.